The monoisotopic (exact) mass is 364 g/mol. The maximum absolute atomic E-state index is 12.3. The van der Waals surface area contributed by atoms with E-state index >= 15 is 0 Å². The summed E-state index contributed by atoms with van der Waals surface area (Å²) >= 11 is 5.40. The first-order valence-corrected chi connectivity index (χ1v) is 8.89. The van der Waals surface area contributed by atoms with Crippen LogP contribution in [0.3, 0.4) is 0 Å². The van der Waals surface area contributed by atoms with Gasteiger partial charge in [0.05, 0.1) is 11.6 Å². The van der Waals surface area contributed by atoms with Crippen molar-refractivity contribution in [2.75, 3.05) is 31.1 Å². The zero-order chi connectivity index (χ0) is 18.5. The second-order valence-corrected chi connectivity index (χ2v) is 6.64. The van der Waals surface area contributed by atoms with Crippen LogP contribution in [0.5, 0.6) is 0 Å². The quantitative estimate of drug-likeness (QED) is 0.831. The van der Waals surface area contributed by atoms with Crippen molar-refractivity contribution in [2.45, 2.75) is 6.92 Å². The van der Waals surface area contributed by atoms with Crippen molar-refractivity contribution in [1.29, 1.82) is 5.26 Å². The van der Waals surface area contributed by atoms with Crippen molar-refractivity contribution in [3.05, 3.63) is 65.2 Å². The van der Waals surface area contributed by atoms with E-state index < -0.39 is 0 Å². The Morgan fingerprint density at radius 1 is 1.04 bits per heavy atom. The molecule has 0 spiro atoms. The molecule has 1 fully saturated rings. The van der Waals surface area contributed by atoms with Gasteiger partial charge in [-0.2, -0.15) is 5.26 Å². The topological polar surface area (TPSA) is 59.4 Å². The third-order valence-corrected chi connectivity index (χ3v) is 4.82. The fourth-order valence-electron chi connectivity index (χ4n) is 2.87. The SMILES string of the molecule is Cc1ccc(C(=O)NC(=S)N2CCN(c3ccc(C#N)cc3)CC2)cc1. The van der Waals surface area contributed by atoms with Crippen LogP contribution in [0.1, 0.15) is 21.5 Å². The normalized spacial score (nSPS) is 13.8. The van der Waals surface area contributed by atoms with Gasteiger partial charge in [-0.05, 0) is 55.5 Å². The van der Waals surface area contributed by atoms with E-state index in [1.165, 1.54) is 0 Å². The molecule has 0 bridgehead atoms. The first kappa shape index (κ1) is 17.9. The van der Waals surface area contributed by atoms with Gasteiger partial charge in [-0.25, -0.2) is 0 Å². The van der Waals surface area contributed by atoms with Crippen LogP contribution in [-0.4, -0.2) is 42.1 Å². The molecule has 1 aliphatic rings. The molecule has 0 unspecified atom stereocenters. The number of carbonyl (C=O) groups is 1. The molecule has 1 heterocycles. The lowest BCUT2D eigenvalue weighted by atomic mass is 10.1. The van der Waals surface area contributed by atoms with Crippen LogP contribution < -0.4 is 10.2 Å². The lowest BCUT2D eigenvalue weighted by molar-refractivity contribution is 0.0973. The molecule has 3 rings (SSSR count). The third-order valence-electron chi connectivity index (χ3n) is 4.46. The van der Waals surface area contributed by atoms with E-state index in [1.807, 2.05) is 48.2 Å². The van der Waals surface area contributed by atoms with E-state index in [2.05, 4.69) is 16.3 Å². The molecule has 2 aromatic rings. The second-order valence-electron chi connectivity index (χ2n) is 6.26. The van der Waals surface area contributed by atoms with E-state index in [1.54, 1.807) is 12.1 Å². The Bertz CT molecular complexity index is 832. The van der Waals surface area contributed by atoms with Crippen LogP contribution in [0.4, 0.5) is 5.69 Å². The lowest BCUT2D eigenvalue weighted by Gasteiger charge is -2.37. The molecule has 6 heteroatoms. The van der Waals surface area contributed by atoms with Crippen LogP contribution in [0.2, 0.25) is 0 Å². The summed E-state index contributed by atoms with van der Waals surface area (Å²) in [6.07, 6.45) is 0. The summed E-state index contributed by atoms with van der Waals surface area (Å²) in [5.74, 6) is -0.176. The summed E-state index contributed by atoms with van der Waals surface area (Å²) < 4.78 is 0. The Hall–Kier alpha value is -2.91. The summed E-state index contributed by atoms with van der Waals surface area (Å²) in [6, 6.07) is 17.1. The smallest absolute Gasteiger partial charge is 0.257 e. The summed E-state index contributed by atoms with van der Waals surface area (Å²) in [7, 11) is 0. The van der Waals surface area contributed by atoms with Crippen LogP contribution in [0, 0.1) is 18.3 Å². The number of aryl methyl sites for hydroxylation is 1. The number of rotatable bonds is 2. The van der Waals surface area contributed by atoms with E-state index in [4.69, 9.17) is 17.5 Å². The van der Waals surface area contributed by atoms with E-state index in [0.29, 0.717) is 16.2 Å². The van der Waals surface area contributed by atoms with E-state index in [9.17, 15) is 4.79 Å². The number of amides is 1. The molecule has 1 aliphatic heterocycles. The molecule has 0 atom stereocenters. The first-order valence-electron chi connectivity index (χ1n) is 8.49. The number of carbonyl (C=O) groups excluding carboxylic acids is 1. The molecule has 0 radical (unpaired) electrons. The van der Waals surface area contributed by atoms with Gasteiger partial charge in [-0.15, -0.1) is 0 Å². The lowest BCUT2D eigenvalue weighted by Crippen LogP contribution is -2.52. The van der Waals surface area contributed by atoms with Crippen molar-refractivity contribution in [1.82, 2.24) is 10.2 Å². The highest BCUT2D eigenvalue weighted by Crippen LogP contribution is 2.17. The molecule has 0 aromatic heterocycles. The number of piperazine rings is 1. The number of hydrogen-bond acceptors (Lipinski definition) is 4. The fraction of sp³-hybridized carbons (Fsp3) is 0.250. The average molecular weight is 364 g/mol. The predicted molar refractivity (Wildman–Crippen MR) is 106 cm³/mol. The summed E-state index contributed by atoms with van der Waals surface area (Å²) in [5.41, 5.74) is 3.47. The number of nitrogens with zero attached hydrogens (tertiary/aromatic N) is 3. The van der Waals surface area contributed by atoms with Crippen LogP contribution >= 0.6 is 12.2 Å². The van der Waals surface area contributed by atoms with Gasteiger partial charge in [0.15, 0.2) is 5.11 Å². The van der Waals surface area contributed by atoms with Crippen molar-refractivity contribution in [3.8, 4) is 6.07 Å². The molecule has 1 N–H and O–H groups in total. The summed E-state index contributed by atoms with van der Waals surface area (Å²) in [5, 5.41) is 12.2. The minimum absolute atomic E-state index is 0.176. The molecule has 0 aliphatic carbocycles. The van der Waals surface area contributed by atoms with Crippen molar-refractivity contribution in [2.24, 2.45) is 0 Å². The molecule has 132 valence electrons. The Balaban J connectivity index is 1.53. The predicted octanol–water partition coefficient (Wildman–Crippen LogP) is 2.70. The number of benzene rings is 2. The highest BCUT2D eigenvalue weighted by atomic mass is 32.1. The zero-order valence-electron chi connectivity index (χ0n) is 14.6. The summed E-state index contributed by atoms with van der Waals surface area (Å²) in [6.45, 7) is 5.10. The van der Waals surface area contributed by atoms with Gasteiger partial charge in [0.1, 0.15) is 0 Å². The van der Waals surface area contributed by atoms with Crippen LogP contribution in [-0.2, 0) is 0 Å². The highest BCUT2D eigenvalue weighted by molar-refractivity contribution is 7.80. The summed E-state index contributed by atoms with van der Waals surface area (Å²) in [4.78, 5) is 16.6. The number of anilines is 1. The Morgan fingerprint density at radius 3 is 2.23 bits per heavy atom. The average Bonchev–Trinajstić information content (AvgIpc) is 2.68. The van der Waals surface area contributed by atoms with Crippen molar-refractivity contribution in [3.63, 3.8) is 0 Å². The van der Waals surface area contributed by atoms with Gasteiger partial charge >= 0.3 is 0 Å². The van der Waals surface area contributed by atoms with Gasteiger partial charge in [0, 0.05) is 37.4 Å². The Labute approximate surface area is 158 Å². The Kier molecular flexibility index (Phi) is 5.49. The molecular weight excluding hydrogens is 344 g/mol. The third kappa shape index (κ3) is 4.19. The van der Waals surface area contributed by atoms with Crippen LogP contribution in [0.15, 0.2) is 48.5 Å². The maximum Gasteiger partial charge on any atom is 0.257 e. The maximum atomic E-state index is 12.3. The minimum Gasteiger partial charge on any atom is -0.368 e. The van der Waals surface area contributed by atoms with Gasteiger partial charge in [0.2, 0.25) is 0 Å². The van der Waals surface area contributed by atoms with Crippen LogP contribution in [0.25, 0.3) is 0 Å². The van der Waals surface area contributed by atoms with Gasteiger partial charge in [0.25, 0.3) is 5.91 Å². The molecule has 5 nitrogen and oxygen atoms in total. The van der Waals surface area contributed by atoms with E-state index in [-0.39, 0.29) is 5.91 Å². The Morgan fingerprint density at radius 2 is 1.65 bits per heavy atom. The van der Waals surface area contributed by atoms with E-state index in [0.717, 1.165) is 37.4 Å². The largest absolute Gasteiger partial charge is 0.368 e. The van der Waals surface area contributed by atoms with Gasteiger partial charge < -0.3 is 9.80 Å². The second kappa shape index (κ2) is 7.98. The van der Waals surface area contributed by atoms with Crippen molar-refractivity contribution < 1.29 is 4.79 Å². The minimum atomic E-state index is -0.176. The number of nitriles is 1. The molecule has 2 aromatic carbocycles. The number of thiocarbonyl (C=S) groups is 1. The number of nitrogens with one attached hydrogen (secondary N) is 1. The molecule has 26 heavy (non-hydrogen) atoms. The fourth-order valence-corrected chi connectivity index (χ4v) is 3.14. The molecule has 0 saturated carbocycles. The van der Waals surface area contributed by atoms with Gasteiger partial charge in [-0.1, -0.05) is 17.7 Å². The highest BCUT2D eigenvalue weighted by Gasteiger charge is 2.20. The molecular formula is C20H20N4OS. The van der Waals surface area contributed by atoms with Gasteiger partial charge in [-0.3, -0.25) is 10.1 Å². The standard InChI is InChI=1S/C20H20N4OS/c1-15-2-6-17(7-3-15)19(25)22-20(26)24-12-10-23(11-13-24)18-8-4-16(14-21)5-9-18/h2-9H,10-13H2,1H3,(H,22,25,26). The van der Waals surface area contributed by atoms with Crippen molar-refractivity contribution >= 4 is 28.9 Å². The number of hydrogen-bond donors (Lipinski definition) is 1. The zero-order valence-corrected chi connectivity index (χ0v) is 15.4. The molecule has 1 saturated heterocycles. The molecule has 1 amide bonds. The first-order chi connectivity index (χ1) is 12.6.